The molecule has 1 N–H and O–H groups in total. The van der Waals surface area contributed by atoms with E-state index in [0.717, 1.165) is 24.8 Å². The highest BCUT2D eigenvalue weighted by atomic mass is 16.5. The van der Waals surface area contributed by atoms with E-state index in [-0.39, 0.29) is 24.0 Å². The quantitative estimate of drug-likeness (QED) is 0.452. The maximum atomic E-state index is 13.3. The molecule has 2 heterocycles. The summed E-state index contributed by atoms with van der Waals surface area (Å²) in [7, 11) is 0. The minimum absolute atomic E-state index is 0.0110. The van der Waals surface area contributed by atoms with E-state index in [9.17, 15) is 14.7 Å². The molecule has 0 bridgehead atoms. The summed E-state index contributed by atoms with van der Waals surface area (Å²) in [5, 5.41) is 10.8. The summed E-state index contributed by atoms with van der Waals surface area (Å²) in [6.45, 7) is 13.4. The van der Waals surface area contributed by atoms with Gasteiger partial charge in [-0.15, -0.1) is 0 Å². The van der Waals surface area contributed by atoms with Gasteiger partial charge < -0.3 is 14.3 Å². The zero-order valence-corrected chi connectivity index (χ0v) is 21.3. The molecule has 1 aromatic rings. The van der Waals surface area contributed by atoms with Crippen molar-refractivity contribution in [3.05, 3.63) is 35.6 Å². The average Bonchev–Trinajstić information content (AvgIpc) is 3.16. The zero-order chi connectivity index (χ0) is 24.8. The lowest BCUT2D eigenvalue weighted by molar-refractivity contribution is -0.153. The van der Waals surface area contributed by atoms with Gasteiger partial charge in [-0.2, -0.15) is 0 Å². The number of hydrogen-bond donors (Lipinski definition) is 1. The molecular formula is C27H41NO5. The monoisotopic (exact) mass is 459 g/mol. The number of carbonyl (C=O) groups excluding carboxylic acids is 2. The number of rotatable bonds is 2. The summed E-state index contributed by atoms with van der Waals surface area (Å²) >= 11 is 0. The smallest absolute Gasteiger partial charge is 0.309 e. The Bertz CT molecular complexity index is 866. The Hall–Kier alpha value is -2.21. The van der Waals surface area contributed by atoms with Gasteiger partial charge in [-0.1, -0.05) is 53.2 Å². The molecule has 0 fully saturated rings. The number of allylic oxidation sites excluding steroid dienone is 1. The molecule has 1 aromatic heterocycles. The Kier molecular flexibility index (Phi) is 9.65. The van der Waals surface area contributed by atoms with Crippen molar-refractivity contribution in [2.24, 2.45) is 23.2 Å². The molecule has 0 spiro atoms. The van der Waals surface area contributed by atoms with Gasteiger partial charge in [0.15, 0.2) is 5.89 Å². The van der Waals surface area contributed by atoms with Crippen LogP contribution in [-0.2, 0) is 14.3 Å². The normalized spacial score (nSPS) is 31.8. The lowest BCUT2D eigenvalue weighted by Gasteiger charge is -2.35. The first-order chi connectivity index (χ1) is 15.4. The Labute approximate surface area is 198 Å². The first kappa shape index (κ1) is 27.0. The van der Waals surface area contributed by atoms with Gasteiger partial charge in [0.1, 0.15) is 23.8 Å². The molecule has 5 atom stereocenters. The Morgan fingerprint density at radius 1 is 1.21 bits per heavy atom. The highest BCUT2D eigenvalue weighted by molar-refractivity contribution is 5.87. The number of oxazole rings is 1. The van der Waals surface area contributed by atoms with E-state index in [0.29, 0.717) is 23.9 Å². The van der Waals surface area contributed by atoms with Gasteiger partial charge in [-0.05, 0) is 43.3 Å². The molecule has 0 amide bonds. The molecule has 2 rings (SSSR count). The van der Waals surface area contributed by atoms with Crippen molar-refractivity contribution in [3.8, 4) is 0 Å². The molecule has 1 aliphatic rings. The molecule has 0 saturated carbocycles. The summed E-state index contributed by atoms with van der Waals surface area (Å²) in [4.78, 5) is 30.3. The van der Waals surface area contributed by atoms with Crippen LogP contribution in [0.25, 0.3) is 6.08 Å². The molecule has 6 heteroatoms. The number of aliphatic hydroxyl groups excluding tert-OH is 1. The fourth-order valence-corrected chi connectivity index (χ4v) is 4.36. The third-order valence-corrected chi connectivity index (χ3v) is 7.27. The van der Waals surface area contributed by atoms with E-state index in [2.05, 4.69) is 31.0 Å². The second-order valence-corrected chi connectivity index (χ2v) is 10.2. The molecule has 6 nitrogen and oxygen atoms in total. The number of aromatic nitrogens is 1. The van der Waals surface area contributed by atoms with Crippen molar-refractivity contribution in [1.29, 1.82) is 0 Å². The number of aryl methyl sites for hydroxylation is 1. The van der Waals surface area contributed by atoms with Crippen molar-refractivity contribution in [2.45, 2.75) is 92.8 Å². The third kappa shape index (κ3) is 7.39. The molecule has 33 heavy (non-hydrogen) atoms. The minimum Gasteiger partial charge on any atom is -0.457 e. The van der Waals surface area contributed by atoms with Crippen LogP contribution in [0, 0.1) is 30.1 Å². The van der Waals surface area contributed by atoms with Crippen LogP contribution in [0.15, 0.2) is 28.4 Å². The second kappa shape index (κ2) is 11.8. The number of esters is 1. The van der Waals surface area contributed by atoms with E-state index in [4.69, 9.17) is 9.15 Å². The van der Waals surface area contributed by atoms with Crippen LogP contribution in [0.3, 0.4) is 0 Å². The number of ketones is 1. The van der Waals surface area contributed by atoms with E-state index in [1.807, 2.05) is 19.9 Å². The summed E-state index contributed by atoms with van der Waals surface area (Å²) in [5.41, 5.74) is 0.464. The van der Waals surface area contributed by atoms with Gasteiger partial charge in [-0.3, -0.25) is 9.59 Å². The summed E-state index contributed by atoms with van der Waals surface area (Å²) < 4.78 is 11.0. The van der Waals surface area contributed by atoms with Gasteiger partial charge in [-0.25, -0.2) is 4.98 Å². The topological polar surface area (TPSA) is 89.6 Å². The molecule has 184 valence electrons. The number of cyclic esters (lactones) is 1. The number of Topliss-reactive ketones (excluding diaryl/α,β-unsaturated/α-hetero) is 1. The fourth-order valence-electron chi connectivity index (χ4n) is 4.36. The molecule has 0 saturated heterocycles. The molecular weight excluding hydrogens is 418 g/mol. The molecule has 0 aliphatic carbocycles. The fraction of sp³-hybridized carbons (Fsp3) is 0.667. The van der Waals surface area contributed by atoms with E-state index in [1.54, 1.807) is 27.0 Å². The number of hydrogen-bond acceptors (Lipinski definition) is 6. The maximum Gasteiger partial charge on any atom is 0.309 e. The summed E-state index contributed by atoms with van der Waals surface area (Å²) in [6.07, 6.45) is 9.30. The minimum atomic E-state index is -1.12. The molecule has 0 unspecified atom stereocenters. The van der Waals surface area contributed by atoms with E-state index < -0.39 is 23.6 Å². The van der Waals surface area contributed by atoms with Crippen LogP contribution in [0.4, 0.5) is 0 Å². The Balaban J connectivity index is 2.27. The molecule has 1 aliphatic heterocycles. The largest absolute Gasteiger partial charge is 0.457 e. The lowest BCUT2D eigenvalue weighted by atomic mass is 9.70. The first-order valence-electron chi connectivity index (χ1n) is 12.1. The maximum absolute atomic E-state index is 13.3. The number of carbonyl (C=O) groups is 2. The van der Waals surface area contributed by atoms with Crippen LogP contribution < -0.4 is 0 Å². The van der Waals surface area contributed by atoms with Gasteiger partial charge in [0, 0.05) is 19.3 Å². The van der Waals surface area contributed by atoms with E-state index in [1.165, 1.54) is 0 Å². The van der Waals surface area contributed by atoms with Crippen molar-refractivity contribution >= 4 is 17.8 Å². The lowest BCUT2D eigenvalue weighted by Crippen LogP contribution is -2.44. The number of nitrogens with zero attached hydrogens (tertiary/aromatic N) is 1. The average molecular weight is 460 g/mol. The van der Waals surface area contributed by atoms with Gasteiger partial charge >= 0.3 is 5.97 Å². The van der Waals surface area contributed by atoms with Crippen molar-refractivity contribution in [2.75, 3.05) is 0 Å². The number of ether oxygens (including phenoxy) is 1. The van der Waals surface area contributed by atoms with Crippen LogP contribution in [-0.4, -0.2) is 34.1 Å². The Morgan fingerprint density at radius 3 is 2.55 bits per heavy atom. The van der Waals surface area contributed by atoms with E-state index >= 15 is 0 Å². The summed E-state index contributed by atoms with van der Waals surface area (Å²) in [5.74, 6) is 0.428. The molecule has 0 aromatic carbocycles. The van der Waals surface area contributed by atoms with Gasteiger partial charge in [0.25, 0.3) is 0 Å². The van der Waals surface area contributed by atoms with Crippen molar-refractivity contribution < 1.29 is 23.8 Å². The standard InChI is InChI=1S/C27H41NO5/c1-17-12-10-8-9-11-13-23(18(2)14-22-16-32-21(5)28-22)33-25(30)15-24(29)27(6,7)26(31)20(4)19(17)3/h9,11,14,16-17,19-20,23-24,29H,8,10,12-13,15H2,1-7H3/b11-9-,18-14+/t17-,19-,20+,23-,24-/m0/s1. The van der Waals surface area contributed by atoms with Crippen LogP contribution in [0.1, 0.15) is 85.2 Å². The predicted molar refractivity (Wildman–Crippen MR) is 129 cm³/mol. The van der Waals surface area contributed by atoms with Crippen molar-refractivity contribution in [1.82, 2.24) is 4.98 Å². The SMILES string of the molecule is C/C(=C\c1coc(C)n1)[C@@H]1C/C=C\CCC[C@H](C)[C@H](C)[C@@H](C)C(=O)C(C)(C)[C@@H](O)CC(=O)O1. The van der Waals surface area contributed by atoms with Crippen LogP contribution >= 0.6 is 0 Å². The van der Waals surface area contributed by atoms with Crippen LogP contribution in [0.5, 0.6) is 0 Å². The highest BCUT2D eigenvalue weighted by Crippen LogP contribution is 2.34. The van der Waals surface area contributed by atoms with Gasteiger partial charge in [0.2, 0.25) is 0 Å². The molecule has 0 radical (unpaired) electrons. The van der Waals surface area contributed by atoms with Gasteiger partial charge in [0.05, 0.1) is 17.9 Å². The number of aliphatic hydroxyl groups is 1. The van der Waals surface area contributed by atoms with Crippen molar-refractivity contribution in [3.63, 3.8) is 0 Å². The second-order valence-electron chi connectivity index (χ2n) is 10.2. The Morgan fingerprint density at radius 2 is 1.91 bits per heavy atom. The zero-order valence-electron chi connectivity index (χ0n) is 21.3. The first-order valence-corrected chi connectivity index (χ1v) is 12.1. The predicted octanol–water partition coefficient (Wildman–Crippen LogP) is 5.68. The highest BCUT2D eigenvalue weighted by Gasteiger charge is 2.41. The third-order valence-electron chi connectivity index (χ3n) is 7.27. The summed E-state index contributed by atoms with van der Waals surface area (Å²) in [6, 6.07) is 0. The van der Waals surface area contributed by atoms with Crippen LogP contribution in [0.2, 0.25) is 0 Å².